The average Bonchev–Trinajstić information content (AvgIpc) is 3.01. The third-order valence-corrected chi connectivity index (χ3v) is 3.88. The van der Waals surface area contributed by atoms with Crippen LogP contribution < -0.4 is 10.1 Å². The van der Waals surface area contributed by atoms with E-state index >= 15 is 0 Å². The second-order valence-electron chi connectivity index (χ2n) is 5.81. The van der Waals surface area contributed by atoms with E-state index in [1.54, 1.807) is 25.1 Å². The molecule has 0 atom stereocenters. The van der Waals surface area contributed by atoms with Crippen LogP contribution in [-0.4, -0.2) is 11.1 Å². The summed E-state index contributed by atoms with van der Waals surface area (Å²) in [6, 6.07) is 13.3. The molecule has 0 radical (unpaired) electrons. The van der Waals surface area contributed by atoms with Crippen molar-refractivity contribution in [2.45, 2.75) is 26.9 Å². The zero-order chi connectivity index (χ0) is 18.5. The van der Waals surface area contributed by atoms with Crippen molar-refractivity contribution in [3.8, 4) is 5.75 Å². The Bertz CT molecular complexity index is 921. The fourth-order valence-corrected chi connectivity index (χ4v) is 2.61. The molecular formula is C20H19FN2O3. The van der Waals surface area contributed by atoms with Gasteiger partial charge in [0, 0.05) is 11.8 Å². The zero-order valence-electron chi connectivity index (χ0n) is 14.6. The van der Waals surface area contributed by atoms with E-state index in [2.05, 4.69) is 10.5 Å². The number of benzene rings is 2. The number of nitrogens with zero attached hydrogens (tertiary/aromatic N) is 1. The molecule has 1 aromatic heterocycles. The molecule has 3 aromatic rings. The van der Waals surface area contributed by atoms with Gasteiger partial charge in [0.2, 0.25) is 0 Å². The molecule has 0 bridgehead atoms. The van der Waals surface area contributed by atoms with Crippen LogP contribution in [0.3, 0.4) is 0 Å². The largest absolute Gasteiger partial charge is 0.489 e. The van der Waals surface area contributed by atoms with Gasteiger partial charge in [-0.15, -0.1) is 0 Å². The summed E-state index contributed by atoms with van der Waals surface area (Å²) >= 11 is 0. The monoisotopic (exact) mass is 354 g/mol. The second kappa shape index (κ2) is 7.82. The molecule has 26 heavy (non-hydrogen) atoms. The Morgan fingerprint density at radius 2 is 2.04 bits per heavy atom. The number of hydrogen-bond acceptors (Lipinski definition) is 4. The first-order chi connectivity index (χ1) is 12.6. The Morgan fingerprint density at radius 1 is 1.23 bits per heavy atom. The number of amides is 1. The van der Waals surface area contributed by atoms with E-state index in [9.17, 15) is 9.18 Å². The maximum Gasteiger partial charge on any atom is 0.261 e. The average molecular weight is 354 g/mol. The predicted molar refractivity (Wildman–Crippen MR) is 95.7 cm³/mol. The Kier molecular flexibility index (Phi) is 5.31. The van der Waals surface area contributed by atoms with Crippen LogP contribution in [0.5, 0.6) is 5.75 Å². The molecule has 0 saturated carbocycles. The molecule has 0 aliphatic rings. The second-order valence-corrected chi connectivity index (χ2v) is 5.81. The van der Waals surface area contributed by atoms with Gasteiger partial charge in [-0.1, -0.05) is 30.3 Å². The van der Waals surface area contributed by atoms with Crippen molar-refractivity contribution in [3.05, 3.63) is 76.9 Å². The first kappa shape index (κ1) is 17.7. The molecule has 1 heterocycles. The van der Waals surface area contributed by atoms with Gasteiger partial charge < -0.3 is 14.6 Å². The number of anilines is 1. The maximum absolute atomic E-state index is 13.2. The Balaban J connectivity index is 1.69. The van der Waals surface area contributed by atoms with Crippen LogP contribution in [-0.2, 0) is 13.0 Å². The Labute approximate surface area is 150 Å². The fraction of sp³-hybridized carbons (Fsp3) is 0.200. The summed E-state index contributed by atoms with van der Waals surface area (Å²) in [6.45, 7) is 3.89. The first-order valence-corrected chi connectivity index (χ1v) is 8.30. The quantitative estimate of drug-likeness (QED) is 0.707. The molecule has 3 rings (SSSR count). The molecule has 2 aromatic carbocycles. The molecule has 0 saturated heterocycles. The number of aromatic nitrogens is 1. The van der Waals surface area contributed by atoms with Crippen molar-refractivity contribution in [1.29, 1.82) is 0 Å². The molecule has 0 fully saturated rings. The minimum atomic E-state index is -0.348. The third kappa shape index (κ3) is 4.08. The number of halogens is 1. The lowest BCUT2D eigenvalue weighted by Crippen LogP contribution is -2.14. The highest BCUT2D eigenvalue weighted by atomic mass is 19.1. The molecule has 0 aliphatic heterocycles. The van der Waals surface area contributed by atoms with E-state index < -0.39 is 0 Å². The van der Waals surface area contributed by atoms with Gasteiger partial charge >= 0.3 is 0 Å². The van der Waals surface area contributed by atoms with Crippen molar-refractivity contribution in [2.75, 3.05) is 5.32 Å². The van der Waals surface area contributed by atoms with Crippen LogP contribution in [0.25, 0.3) is 0 Å². The molecule has 134 valence electrons. The van der Waals surface area contributed by atoms with Crippen LogP contribution in [0.1, 0.15) is 34.3 Å². The first-order valence-electron chi connectivity index (χ1n) is 8.30. The van der Waals surface area contributed by atoms with Gasteiger partial charge in [0.15, 0.2) is 0 Å². The SMILES string of the molecule is CCc1noc(C)c1C(=O)Nc1cccc(COc2cccc(F)c2)c1. The van der Waals surface area contributed by atoms with Crippen LogP contribution in [0.4, 0.5) is 10.1 Å². The standard InChI is InChI=1S/C20H19FN2O3/c1-3-18-19(13(2)26-23-18)20(24)22-16-8-4-6-14(10-16)12-25-17-9-5-7-15(21)11-17/h4-11H,3,12H2,1-2H3,(H,22,24). The van der Waals surface area contributed by atoms with Crippen molar-refractivity contribution in [3.63, 3.8) is 0 Å². The number of aryl methyl sites for hydroxylation is 2. The maximum atomic E-state index is 13.2. The summed E-state index contributed by atoms with van der Waals surface area (Å²) in [7, 11) is 0. The summed E-state index contributed by atoms with van der Waals surface area (Å²) in [5, 5.41) is 6.75. The molecule has 1 amide bonds. The summed E-state index contributed by atoms with van der Waals surface area (Å²) < 4.78 is 23.9. The summed E-state index contributed by atoms with van der Waals surface area (Å²) in [6.07, 6.45) is 0.613. The van der Waals surface area contributed by atoms with E-state index in [4.69, 9.17) is 9.26 Å². The highest BCUT2D eigenvalue weighted by molar-refractivity contribution is 6.05. The minimum Gasteiger partial charge on any atom is -0.489 e. The lowest BCUT2D eigenvalue weighted by molar-refractivity contribution is 0.102. The molecular weight excluding hydrogens is 335 g/mol. The Morgan fingerprint density at radius 3 is 2.81 bits per heavy atom. The predicted octanol–water partition coefficient (Wildman–Crippen LogP) is 4.52. The highest BCUT2D eigenvalue weighted by Crippen LogP contribution is 2.19. The minimum absolute atomic E-state index is 0.260. The number of hydrogen-bond donors (Lipinski definition) is 1. The number of ether oxygens (including phenoxy) is 1. The van der Waals surface area contributed by atoms with Gasteiger partial charge in [-0.2, -0.15) is 0 Å². The van der Waals surface area contributed by atoms with Gasteiger partial charge in [0.05, 0.1) is 5.69 Å². The van der Waals surface area contributed by atoms with Crippen LogP contribution in [0, 0.1) is 12.7 Å². The Hall–Kier alpha value is -3.15. The number of carbonyl (C=O) groups excluding carboxylic acids is 1. The summed E-state index contributed by atoms with van der Waals surface area (Å²) in [5.74, 6) is 0.334. The van der Waals surface area contributed by atoms with Crippen LogP contribution in [0.15, 0.2) is 53.1 Å². The smallest absolute Gasteiger partial charge is 0.261 e. The molecule has 0 unspecified atom stereocenters. The van der Waals surface area contributed by atoms with E-state index in [0.717, 1.165) is 5.56 Å². The molecule has 1 N–H and O–H groups in total. The molecule has 6 heteroatoms. The van der Waals surface area contributed by atoms with Gasteiger partial charge in [0.25, 0.3) is 5.91 Å². The fourth-order valence-electron chi connectivity index (χ4n) is 2.61. The van der Waals surface area contributed by atoms with Crippen LogP contribution >= 0.6 is 0 Å². The number of nitrogens with one attached hydrogen (secondary N) is 1. The van der Waals surface area contributed by atoms with Crippen LogP contribution in [0.2, 0.25) is 0 Å². The topological polar surface area (TPSA) is 64.4 Å². The highest BCUT2D eigenvalue weighted by Gasteiger charge is 2.19. The van der Waals surface area contributed by atoms with Crippen molar-refractivity contribution in [1.82, 2.24) is 5.16 Å². The zero-order valence-corrected chi connectivity index (χ0v) is 14.6. The lowest BCUT2D eigenvalue weighted by Gasteiger charge is -2.09. The third-order valence-electron chi connectivity index (χ3n) is 3.88. The number of rotatable bonds is 6. The normalized spacial score (nSPS) is 10.6. The van der Waals surface area contributed by atoms with Crippen molar-refractivity contribution >= 4 is 11.6 Å². The van der Waals surface area contributed by atoms with Crippen molar-refractivity contribution in [2.24, 2.45) is 0 Å². The van der Waals surface area contributed by atoms with E-state index in [-0.39, 0.29) is 18.3 Å². The van der Waals surface area contributed by atoms with Gasteiger partial charge in [0.1, 0.15) is 29.5 Å². The molecule has 0 aliphatic carbocycles. The van der Waals surface area contributed by atoms with Gasteiger partial charge in [-0.3, -0.25) is 4.79 Å². The van der Waals surface area contributed by atoms with Crippen molar-refractivity contribution < 1.29 is 18.4 Å². The molecule has 5 nitrogen and oxygen atoms in total. The van der Waals surface area contributed by atoms with E-state index in [1.165, 1.54) is 12.1 Å². The lowest BCUT2D eigenvalue weighted by atomic mass is 10.1. The van der Waals surface area contributed by atoms with Gasteiger partial charge in [-0.05, 0) is 43.2 Å². The van der Waals surface area contributed by atoms with Gasteiger partial charge in [-0.25, -0.2) is 4.39 Å². The van der Waals surface area contributed by atoms with E-state index in [0.29, 0.717) is 34.9 Å². The summed E-state index contributed by atoms with van der Waals surface area (Å²) in [5.41, 5.74) is 2.59. The number of carbonyl (C=O) groups is 1. The summed E-state index contributed by atoms with van der Waals surface area (Å²) in [4.78, 5) is 12.5. The van der Waals surface area contributed by atoms with E-state index in [1.807, 2.05) is 25.1 Å². The molecule has 0 spiro atoms.